The van der Waals surface area contributed by atoms with Crippen LogP contribution in [0.4, 0.5) is 0 Å². The second-order valence-electron chi connectivity index (χ2n) is 7.70. The number of pyridine rings is 1. The first-order valence-corrected chi connectivity index (χ1v) is 12.6. The lowest BCUT2D eigenvalue weighted by molar-refractivity contribution is -0.697. The average Bonchev–Trinajstić information content (AvgIpc) is 2.67. The van der Waals surface area contributed by atoms with Gasteiger partial charge in [0.2, 0.25) is 0 Å². The third-order valence-electron chi connectivity index (χ3n) is 4.98. The summed E-state index contributed by atoms with van der Waals surface area (Å²) in [5.74, 6) is -1.14. The van der Waals surface area contributed by atoms with Crippen LogP contribution in [0.15, 0.2) is 24.5 Å². The molecule has 0 aliphatic carbocycles. The lowest BCUT2D eigenvalue weighted by atomic mass is 10.1. The average molecular weight is 430 g/mol. The molecule has 29 heavy (non-hydrogen) atoms. The Kier molecular flexibility index (Phi) is 12.6. The van der Waals surface area contributed by atoms with Crippen LogP contribution in [0.25, 0.3) is 0 Å². The molecule has 1 rings (SSSR count). The minimum absolute atomic E-state index is 0.301. The van der Waals surface area contributed by atoms with Crippen LogP contribution in [0, 0.1) is 0 Å². The van der Waals surface area contributed by atoms with Crippen molar-refractivity contribution in [3.63, 3.8) is 0 Å². The van der Waals surface area contributed by atoms with Gasteiger partial charge >= 0.3 is 0 Å². The van der Waals surface area contributed by atoms with Gasteiger partial charge in [0.25, 0.3) is 0 Å². The van der Waals surface area contributed by atoms with Crippen molar-refractivity contribution in [2.45, 2.75) is 90.9 Å². The number of hydrogen-bond donors (Lipinski definition) is 0. The maximum atomic E-state index is 10.7. The molecular weight excluding hydrogens is 390 g/mol. The quantitative estimate of drug-likeness (QED) is 0.160. The highest BCUT2D eigenvalue weighted by molar-refractivity contribution is 7.85. The van der Waals surface area contributed by atoms with Crippen LogP contribution in [0.5, 0.6) is 0 Å². The normalized spacial score (nSPS) is 12.4. The molecule has 1 heterocycles. The molecule has 0 spiro atoms. The van der Waals surface area contributed by atoms with Gasteiger partial charge in [0.05, 0.1) is 23.3 Å². The van der Waals surface area contributed by atoms with E-state index in [1.165, 1.54) is 25.7 Å². The summed E-state index contributed by atoms with van der Waals surface area (Å²) in [5.41, 5.74) is 0.941. The SMILES string of the molecule is CCCCCCOC(C)(OCCCCCC)c1cc[n+](CCCS(=O)(=O)[O-])cc1. The number of aryl methyl sites for hydroxylation is 1. The smallest absolute Gasteiger partial charge is 0.192 e. The molecule has 0 unspecified atom stereocenters. The summed E-state index contributed by atoms with van der Waals surface area (Å²) in [6.07, 6.45) is 13.2. The van der Waals surface area contributed by atoms with E-state index in [0.29, 0.717) is 26.2 Å². The van der Waals surface area contributed by atoms with Gasteiger partial charge in [-0.3, -0.25) is 0 Å². The summed E-state index contributed by atoms with van der Waals surface area (Å²) in [4.78, 5) is 0. The lowest BCUT2D eigenvalue weighted by Crippen LogP contribution is -2.36. The van der Waals surface area contributed by atoms with E-state index in [-0.39, 0.29) is 5.75 Å². The highest BCUT2D eigenvalue weighted by atomic mass is 32.2. The maximum Gasteiger partial charge on any atom is 0.192 e. The Bertz CT molecular complexity index is 632. The molecule has 0 aliphatic heterocycles. The molecule has 0 aliphatic rings. The summed E-state index contributed by atoms with van der Waals surface area (Å²) in [7, 11) is -4.16. The van der Waals surface area contributed by atoms with Crippen LogP contribution >= 0.6 is 0 Å². The van der Waals surface area contributed by atoms with Gasteiger partial charge in [-0.2, -0.15) is 0 Å². The molecule has 0 saturated heterocycles. The van der Waals surface area contributed by atoms with E-state index in [4.69, 9.17) is 9.47 Å². The van der Waals surface area contributed by atoms with Gasteiger partial charge in [-0.05, 0) is 19.8 Å². The third kappa shape index (κ3) is 11.7. The molecule has 0 saturated carbocycles. The van der Waals surface area contributed by atoms with E-state index in [1.807, 2.05) is 36.0 Å². The predicted molar refractivity (Wildman–Crippen MR) is 113 cm³/mol. The zero-order valence-electron chi connectivity index (χ0n) is 18.4. The van der Waals surface area contributed by atoms with Crippen molar-refractivity contribution < 1.29 is 27.0 Å². The second kappa shape index (κ2) is 14.1. The fraction of sp³-hybridized carbons (Fsp3) is 0.773. The van der Waals surface area contributed by atoms with E-state index in [1.54, 1.807) is 0 Å². The monoisotopic (exact) mass is 429 g/mol. The molecule has 1 aromatic heterocycles. The van der Waals surface area contributed by atoms with Crippen molar-refractivity contribution in [3.8, 4) is 0 Å². The summed E-state index contributed by atoms with van der Waals surface area (Å²) < 4.78 is 46.5. The number of nitrogens with zero attached hydrogens (tertiary/aromatic N) is 1. The Balaban J connectivity index is 2.68. The largest absolute Gasteiger partial charge is 0.748 e. The van der Waals surface area contributed by atoms with Crippen molar-refractivity contribution in [1.29, 1.82) is 0 Å². The molecule has 1 aromatic rings. The van der Waals surface area contributed by atoms with Gasteiger partial charge in [-0.15, -0.1) is 0 Å². The van der Waals surface area contributed by atoms with Crippen LogP contribution < -0.4 is 4.57 Å². The summed E-state index contributed by atoms with van der Waals surface area (Å²) in [5, 5.41) is 0. The molecule has 0 radical (unpaired) electrons. The van der Waals surface area contributed by atoms with Gasteiger partial charge in [0, 0.05) is 29.9 Å². The molecule has 0 fully saturated rings. The molecule has 0 bridgehead atoms. The molecule has 0 atom stereocenters. The van der Waals surface area contributed by atoms with Crippen LogP contribution in [0.2, 0.25) is 0 Å². The number of unbranched alkanes of at least 4 members (excludes halogenated alkanes) is 6. The molecule has 0 amide bonds. The second-order valence-corrected chi connectivity index (χ2v) is 9.23. The molecule has 168 valence electrons. The van der Waals surface area contributed by atoms with Gasteiger partial charge in [-0.25, -0.2) is 13.0 Å². The summed E-state index contributed by atoms with van der Waals surface area (Å²) in [6.45, 7) is 8.14. The molecule has 7 heteroatoms. The highest BCUT2D eigenvalue weighted by Crippen LogP contribution is 2.27. The van der Waals surface area contributed by atoms with Crippen LogP contribution in [-0.4, -0.2) is 31.9 Å². The molecule has 0 N–H and O–H groups in total. The third-order valence-corrected chi connectivity index (χ3v) is 5.77. The van der Waals surface area contributed by atoms with Gasteiger partial charge < -0.3 is 14.0 Å². The Hall–Kier alpha value is -1.02. The number of ether oxygens (including phenoxy) is 2. The lowest BCUT2D eigenvalue weighted by Gasteiger charge is -2.30. The fourth-order valence-electron chi connectivity index (χ4n) is 3.13. The topological polar surface area (TPSA) is 79.5 Å². The Labute approximate surface area is 177 Å². The molecular formula is C22H39NO5S. The van der Waals surface area contributed by atoms with Crippen LogP contribution in [0.1, 0.15) is 84.1 Å². The van der Waals surface area contributed by atoms with Gasteiger partial charge in [-0.1, -0.05) is 52.4 Å². The predicted octanol–water partition coefficient (Wildman–Crippen LogP) is 4.28. The first-order valence-electron chi connectivity index (χ1n) is 11.0. The van der Waals surface area contributed by atoms with E-state index in [0.717, 1.165) is 31.2 Å². The van der Waals surface area contributed by atoms with E-state index in [9.17, 15) is 13.0 Å². The molecule has 6 nitrogen and oxygen atoms in total. The number of hydrogen-bond acceptors (Lipinski definition) is 5. The zero-order valence-corrected chi connectivity index (χ0v) is 19.2. The number of rotatable bonds is 17. The van der Waals surface area contributed by atoms with Crippen molar-refractivity contribution in [2.75, 3.05) is 19.0 Å². The maximum absolute atomic E-state index is 10.7. The van der Waals surface area contributed by atoms with E-state index in [2.05, 4.69) is 13.8 Å². The van der Waals surface area contributed by atoms with Crippen LogP contribution in [-0.2, 0) is 31.9 Å². The number of aromatic nitrogens is 1. The minimum atomic E-state index is -4.16. The highest BCUT2D eigenvalue weighted by Gasteiger charge is 2.29. The van der Waals surface area contributed by atoms with Crippen molar-refractivity contribution in [1.82, 2.24) is 0 Å². The van der Waals surface area contributed by atoms with E-state index < -0.39 is 15.9 Å². The van der Waals surface area contributed by atoms with Gasteiger partial charge in [0.1, 0.15) is 6.54 Å². The standard InChI is InChI=1S/C22H39NO5S/c1-4-6-8-10-18-27-22(3,28-19-11-9-7-5-2)21-13-16-23(17-14-21)15-12-20-29(24,25)26/h13-14,16-17H,4-12,15,18-20H2,1-3H3. The first-order chi connectivity index (χ1) is 13.8. The zero-order chi connectivity index (χ0) is 21.6. The van der Waals surface area contributed by atoms with Gasteiger partial charge in [0.15, 0.2) is 18.2 Å². The minimum Gasteiger partial charge on any atom is -0.748 e. The Morgan fingerprint density at radius 2 is 1.41 bits per heavy atom. The van der Waals surface area contributed by atoms with Crippen LogP contribution in [0.3, 0.4) is 0 Å². The Morgan fingerprint density at radius 1 is 0.897 bits per heavy atom. The van der Waals surface area contributed by atoms with Crippen molar-refractivity contribution in [2.24, 2.45) is 0 Å². The van der Waals surface area contributed by atoms with E-state index >= 15 is 0 Å². The Morgan fingerprint density at radius 3 is 1.86 bits per heavy atom. The molecule has 0 aromatic carbocycles. The van der Waals surface area contributed by atoms with Crippen molar-refractivity contribution in [3.05, 3.63) is 30.1 Å². The van der Waals surface area contributed by atoms with Crippen molar-refractivity contribution >= 4 is 10.1 Å². The first kappa shape index (κ1) is 26.0. The summed E-state index contributed by atoms with van der Waals surface area (Å²) in [6, 6.07) is 3.90. The fourth-order valence-corrected chi connectivity index (χ4v) is 3.62. The summed E-state index contributed by atoms with van der Waals surface area (Å²) >= 11 is 0.